The van der Waals surface area contributed by atoms with Crippen molar-refractivity contribution in [2.45, 2.75) is 0 Å². The van der Waals surface area contributed by atoms with Crippen LogP contribution in [-0.2, 0) is 0 Å². The van der Waals surface area contributed by atoms with E-state index in [0.717, 1.165) is 0 Å². The van der Waals surface area contributed by atoms with E-state index in [2.05, 4.69) is 0 Å². The van der Waals surface area contributed by atoms with E-state index in [1.54, 1.807) is 28.2 Å². The SMILES string of the molecule is CN(C)C(=O)N(C)C.Oc1c(F)c(F)c(F)c(F)c1F. The van der Waals surface area contributed by atoms with Crippen molar-refractivity contribution in [3.63, 3.8) is 0 Å². The van der Waals surface area contributed by atoms with E-state index >= 15 is 0 Å². The van der Waals surface area contributed by atoms with Crippen LogP contribution in [0.15, 0.2) is 0 Å². The molecular weight excluding hydrogens is 287 g/mol. The summed E-state index contributed by atoms with van der Waals surface area (Å²) < 4.78 is 60.6. The zero-order chi connectivity index (χ0) is 16.2. The van der Waals surface area contributed by atoms with E-state index in [0.29, 0.717) is 0 Å². The van der Waals surface area contributed by atoms with Gasteiger partial charge in [0.1, 0.15) is 0 Å². The summed E-state index contributed by atoms with van der Waals surface area (Å²) >= 11 is 0. The van der Waals surface area contributed by atoms with E-state index in [4.69, 9.17) is 5.11 Å². The van der Waals surface area contributed by atoms with Crippen LogP contribution >= 0.6 is 0 Å². The largest absolute Gasteiger partial charge is 0.503 e. The van der Waals surface area contributed by atoms with Gasteiger partial charge in [0.25, 0.3) is 0 Å². The van der Waals surface area contributed by atoms with Gasteiger partial charge in [0, 0.05) is 28.2 Å². The van der Waals surface area contributed by atoms with E-state index in [-0.39, 0.29) is 6.03 Å². The minimum absolute atomic E-state index is 0.0185. The predicted octanol–water partition coefficient (Wildman–Crippen LogP) is 2.32. The molecule has 0 unspecified atom stereocenters. The van der Waals surface area contributed by atoms with Gasteiger partial charge in [-0.1, -0.05) is 0 Å². The number of hydrogen-bond acceptors (Lipinski definition) is 2. The summed E-state index contributed by atoms with van der Waals surface area (Å²) in [4.78, 5) is 13.8. The lowest BCUT2D eigenvalue weighted by Gasteiger charge is -2.16. The van der Waals surface area contributed by atoms with Crippen molar-refractivity contribution in [3.05, 3.63) is 29.1 Å². The zero-order valence-corrected chi connectivity index (χ0v) is 11.1. The van der Waals surface area contributed by atoms with Gasteiger partial charge in [-0.15, -0.1) is 0 Å². The molecule has 4 nitrogen and oxygen atoms in total. The van der Waals surface area contributed by atoms with Gasteiger partial charge in [-0.3, -0.25) is 0 Å². The number of aromatic hydroxyl groups is 1. The summed E-state index contributed by atoms with van der Waals surface area (Å²) in [6, 6.07) is 0.0185. The molecule has 0 fully saturated rings. The number of nitrogens with zero attached hydrogens (tertiary/aromatic N) is 2. The molecule has 0 aliphatic heterocycles. The number of urea groups is 1. The quantitative estimate of drug-likeness (QED) is 0.454. The second-order valence-corrected chi connectivity index (χ2v) is 3.99. The third-order valence-electron chi connectivity index (χ3n) is 1.95. The fraction of sp³-hybridized carbons (Fsp3) is 0.364. The Morgan fingerprint density at radius 3 is 1.20 bits per heavy atom. The van der Waals surface area contributed by atoms with Crippen molar-refractivity contribution in [2.75, 3.05) is 28.2 Å². The Hall–Kier alpha value is -2.06. The number of rotatable bonds is 0. The molecule has 0 atom stereocenters. The lowest BCUT2D eigenvalue weighted by molar-refractivity contribution is 0.191. The van der Waals surface area contributed by atoms with Crippen LogP contribution in [0.25, 0.3) is 0 Å². The van der Waals surface area contributed by atoms with Crippen LogP contribution in [0.4, 0.5) is 26.7 Å². The number of carbonyl (C=O) groups is 1. The first-order valence-electron chi connectivity index (χ1n) is 5.11. The summed E-state index contributed by atoms with van der Waals surface area (Å²) in [5.74, 6) is -12.9. The van der Waals surface area contributed by atoms with E-state index in [1.165, 1.54) is 9.80 Å². The molecule has 1 aromatic carbocycles. The smallest absolute Gasteiger partial charge is 0.318 e. The van der Waals surface area contributed by atoms with Crippen LogP contribution in [0.2, 0.25) is 0 Å². The van der Waals surface area contributed by atoms with Gasteiger partial charge < -0.3 is 14.9 Å². The normalized spacial score (nSPS) is 9.65. The van der Waals surface area contributed by atoms with Gasteiger partial charge in [-0.2, -0.15) is 8.78 Å². The van der Waals surface area contributed by atoms with E-state index in [9.17, 15) is 26.7 Å². The van der Waals surface area contributed by atoms with Crippen molar-refractivity contribution in [2.24, 2.45) is 0 Å². The molecule has 0 aromatic heterocycles. The highest BCUT2D eigenvalue weighted by Gasteiger charge is 2.24. The highest BCUT2D eigenvalue weighted by molar-refractivity contribution is 5.72. The lowest BCUT2D eigenvalue weighted by Crippen LogP contribution is -2.33. The number of carbonyl (C=O) groups excluding carboxylic acids is 1. The maximum atomic E-state index is 12.2. The molecule has 0 aliphatic carbocycles. The van der Waals surface area contributed by atoms with E-state index < -0.39 is 34.8 Å². The average molecular weight is 300 g/mol. The molecule has 20 heavy (non-hydrogen) atoms. The minimum Gasteiger partial charge on any atom is -0.503 e. The van der Waals surface area contributed by atoms with Gasteiger partial charge in [0.05, 0.1) is 0 Å². The van der Waals surface area contributed by atoms with Gasteiger partial charge in [0.15, 0.2) is 5.75 Å². The highest BCUT2D eigenvalue weighted by Crippen LogP contribution is 2.27. The lowest BCUT2D eigenvalue weighted by atomic mass is 10.3. The Kier molecular flexibility index (Phi) is 6.21. The topological polar surface area (TPSA) is 43.8 Å². The molecule has 0 heterocycles. The summed E-state index contributed by atoms with van der Waals surface area (Å²) in [5, 5.41) is 8.30. The average Bonchev–Trinajstić information content (AvgIpc) is 2.40. The summed E-state index contributed by atoms with van der Waals surface area (Å²) in [6.07, 6.45) is 0. The zero-order valence-electron chi connectivity index (χ0n) is 11.1. The van der Waals surface area contributed by atoms with Crippen LogP contribution in [0, 0.1) is 29.1 Å². The molecule has 9 heteroatoms. The summed E-state index contributed by atoms with van der Waals surface area (Å²) in [6.45, 7) is 0. The van der Waals surface area contributed by atoms with Crippen LogP contribution in [0.3, 0.4) is 0 Å². The van der Waals surface area contributed by atoms with Crippen molar-refractivity contribution >= 4 is 6.03 Å². The number of amides is 2. The first kappa shape index (κ1) is 17.9. The monoisotopic (exact) mass is 300 g/mol. The molecule has 0 saturated heterocycles. The Morgan fingerprint density at radius 1 is 0.750 bits per heavy atom. The van der Waals surface area contributed by atoms with Crippen molar-refractivity contribution in [3.8, 4) is 5.75 Å². The number of hydrogen-bond donors (Lipinski definition) is 1. The predicted molar refractivity (Wildman–Crippen MR) is 60.7 cm³/mol. The third-order valence-corrected chi connectivity index (χ3v) is 1.95. The molecular formula is C11H13F5N2O2. The number of phenols is 1. The molecule has 0 aliphatic rings. The molecule has 114 valence electrons. The first-order chi connectivity index (χ1) is 9.02. The van der Waals surface area contributed by atoms with Crippen LogP contribution < -0.4 is 0 Å². The molecule has 1 N–H and O–H groups in total. The van der Waals surface area contributed by atoms with Crippen LogP contribution in [0.5, 0.6) is 5.75 Å². The fourth-order valence-electron chi connectivity index (χ4n) is 0.993. The van der Waals surface area contributed by atoms with Gasteiger partial charge in [0.2, 0.25) is 29.1 Å². The second kappa shape index (κ2) is 6.92. The van der Waals surface area contributed by atoms with Crippen molar-refractivity contribution in [1.82, 2.24) is 9.80 Å². The highest BCUT2D eigenvalue weighted by atomic mass is 19.2. The van der Waals surface area contributed by atoms with Crippen molar-refractivity contribution in [1.29, 1.82) is 0 Å². The van der Waals surface area contributed by atoms with E-state index in [1.807, 2.05) is 0 Å². The van der Waals surface area contributed by atoms with Crippen LogP contribution in [-0.4, -0.2) is 49.1 Å². The standard InChI is InChI=1S/C6HF5O.C5H12N2O/c7-1-2(8)4(10)6(12)5(11)3(1)9;1-6(2)5(8)7(3)4/h12H;1-4H3. The second-order valence-electron chi connectivity index (χ2n) is 3.99. The molecule has 2 amide bonds. The third kappa shape index (κ3) is 3.97. The summed E-state index contributed by atoms with van der Waals surface area (Å²) in [5.41, 5.74) is 0. The van der Waals surface area contributed by atoms with Gasteiger partial charge >= 0.3 is 6.03 Å². The molecule has 1 aromatic rings. The Morgan fingerprint density at radius 2 is 1.00 bits per heavy atom. The Labute approximate surface area is 112 Å². The Balaban J connectivity index is 0.000000396. The number of phenolic OH excluding ortho intramolecular Hbond substituents is 1. The molecule has 0 bridgehead atoms. The summed E-state index contributed by atoms with van der Waals surface area (Å²) in [7, 11) is 6.90. The molecule has 0 saturated carbocycles. The maximum Gasteiger partial charge on any atom is 0.318 e. The fourth-order valence-corrected chi connectivity index (χ4v) is 0.993. The minimum atomic E-state index is -2.29. The number of halogens is 5. The van der Waals surface area contributed by atoms with Crippen molar-refractivity contribution < 1.29 is 31.9 Å². The molecule has 0 spiro atoms. The van der Waals surface area contributed by atoms with Crippen LogP contribution in [0.1, 0.15) is 0 Å². The number of benzene rings is 1. The van der Waals surface area contributed by atoms with Gasteiger partial charge in [-0.05, 0) is 0 Å². The van der Waals surface area contributed by atoms with Gasteiger partial charge in [-0.25, -0.2) is 18.0 Å². The molecule has 0 radical (unpaired) electrons. The molecule has 1 rings (SSSR count). The first-order valence-corrected chi connectivity index (χ1v) is 5.11. The Bertz CT molecular complexity index is 391. The maximum absolute atomic E-state index is 12.2.